The molecule has 3 atom stereocenters. The van der Waals surface area contributed by atoms with Crippen LogP contribution in [0.4, 0.5) is 10.5 Å². The Labute approximate surface area is 155 Å². The lowest BCUT2D eigenvalue weighted by Gasteiger charge is -2.42. The molecule has 1 saturated heterocycles. The number of hydrogen-bond donors (Lipinski definition) is 2. The standard InChI is InChI=1S/C19H18ClN3O3/c20-16-4-2-1-3-14(16)11-5-6-15-17(7-11)22-19(26)23(18(15)25)12-8-13(24)10-21-9-12/h1-4,8-11,15,17,24H,5-7H2,(H,22,26). The first-order valence-corrected chi connectivity index (χ1v) is 8.95. The molecular weight excluding hydrogens is 354 g/mol. The summed E-state index contributed by atoms with van der Waals surface area (Å²) in [6.45, 7) is 0. The molecule has 2 aromatic rings. The monoisotopic (exact) mass is 371 g/mol. The van der Waals surface area contributed by atoms with E-state index in [1.165, 1.54) is 18.5 Å². The van der Waals surface area contributed by atoms with Crippen LogP contribution in [0.15, 0.2) is 42.7 Å². The van der Waals surface area contributed by atoms with E-state index in [0.717, 1.165) is 21.9 Å². The lowest BCUT2D eigenvalue weighted by Crippen LogP contribution is -2.61. The minimum atomic E-state index is -0.483. The van der Waals surface area contributed by atoms with Crippen molar-refractivity contribution in [2.24, 2.45) is 5.92 Å². The summed E-state index contributed by atoms with van der Waals surface area (Å²) in [6.07, 6.45) is 4.83. The molecule has 2 heterocycles. The van der Waals surface area contributed by atoms with Gasteiger partial charge >= 0.3 is 6.03 Å². The molecule has 1 aromatic carbocycles. The number of nitrogens with zero attached hydrogens (tertiary/aromatic N) is 2. The van der Waals surface area contributed by atoms with E-state index in [9.17, 15) is 14.7 Å². The van der Waals surface area contributed by atoms with Crippen molar-refractivity contribution in [3.05, 3.63) is 53.3 Å². The molecule has 4 rings (SSSR count). The number of halogens is 1. The molecule has 3 unspecified atom stereocenters. The van der Waals surface area contributed by atoms with Crippen LogP contribution < -0.4 is 10.2 Å². The first-order valence-electron chi connectivity index (χ1n) is 8.57. The van der Waals surface area contributed by atoms with Crippen molar-refractivity contribution < 1.29 is 14.7 Å². The highest BCUT2D eigenvalue weighted by atomic mass is 35.5. The molecule has 6 nitrogen and oxygen atoms in total. The third-order valence-corrected chi connectivity index (χ3v) is 5.56. The molecule has 1 aliphatic heterocycles. The van der Waals surface area contributed by atoms with E-state index in [0.29, 0.717) is 12.8 Å². The quantitative estimate of drug-likeness (QED) is 0.847. The number of anilines is 1. The largest absolute Gasteiger partial charge is 0.506 e. The van der Waals surface area contributed by atoms with E-state index in [-0.39, 0.29) is 35.2 Å². The molecule has 3 amide bonds. The maximum atomic E-state index is 12.9. The van der Waals surface area contributed by atoms with Gasteiger partial charge in [-0.25, -0.2) is 9.69 Å². The Bertz CT molecular complexity index is 873. The van der Waals surface area contributed by atoms with Crippen LogP contribution in [0.5, 0.6) is 5.75 Å². The van der Waals surface area contributed by atoms with E-state index in [1.54, 1.807) is 0 Å². The van der Waals surface area contributed by atoms with Crippen LogP contribution in [0.1, 0.15) is 30.7 Å². The molecular formula is C19H18ClN3O3. The highest BCUT2D eigenvalue weighted by Gasteiger charge is 2.45. The maximum absolute atomic E-state index is 12.9. The lowest BCUT2D eigenvalue weighted by atomic mass is 9.74. The Morgan fingerprint density at radius 2 is 2.00 bits per heavy atom. The molecule has 0 spiro atoms. The van der Waals surface area contributed by atoms with Crippen molar-refractivity contribution in [1.82, 2.24) is 10.3 Å². The minimum Gasteiger partial charge on any atom is -0.506 e. The van der Waals surface area contributed by atoms with Gasteiger partial charge in [-0.15, -0.1) is 0 Å². The number of urea groups is 1. The van der Waals surface area contributed by atoms with Crippen LogP contribution in [-0.4, -0.2) is 28.1 Å². The summed E-state index contributed by atoms with van der Waals surface area (Å²) in [4.78, 5) is 30.4. The van der Waals surface area contributed by atoms with Gasteiger partial charge in [0.1, 0.15) is 5.75 Å². The van der Waals surface area contributed by atoms with Crippen molar-refractivity contribution in [2.45, 2.75) is 31.2 Å². The first-order chi connectivity index (χ1) is 12.5. The number of imide groups is 1. The van der Waals surface area contributed by atoms with Crippen LogP contribution in [0.25, 0.3) is 0 Å². The minimum absolute atomic E-state index is 0.0901. The Kier molecular flexibility index (Phi) is 4.28. The number of nitrogens with one attached hydrogen (secondary N) is 1. The highest BCUT2D eigenvalue weighted by Crippen LogP contribution is 2.41. The summed E-state index contributed by atoms with van der Waals surface area (Å²) in [5.41, 5.74) is 1.34. The van der Waals surface area contributed by atoms with E-state index in [4.69, 9.17) is 11.6 Å². The van der Waals surface area contributed by atoms with Crippen LogP contribution in [-0.2, 0) is 4.79 Å². The average molecular weight is 372 g/mol. The predicted molar refractivity (Wildman–Crippen MR) is 97.2 cm³/mol. The summed E-state index contributed by atoms with van der Waals surface area (Å²) in [7, 11) is 0. The average Bonchev–Trinajstić information content (AvgIpc) is 2.62. The smallest absolute Gasteiger partial charge is 0.329 e. The molecule has 2 N–H and O–H groups in total. The van der Waals surface area contributed by atoms with E-state index >= 15 is 0 Å². The molecule has 2 fully saturated rings. The van der Waals surface area contributed by atoms with Gasteiger partial charge in [0.25, 0.3) is 0 Å². The molecule has 26 heavy (non-hydrogen) atoms. The number of pyridine rings is 1. The van der Waals surface area contributed by atoms with Gasteiger partial charge in [-0.3, -0.25) is 9.78 Å². The predicted octanol–water partition coefficient (Wildman–Crippen LogP) is 3.45. The second kappa shape index (κ2) is 6.61. The number of amides is 3. The Hall–Kier alpha value is -2.60. The third kappa shape index (κ3) is 2.90. The molecule has 0 radical (unpaired) electrons. The fraction of sp³-hybridized carbons (Fsp3) is 0.316. The molecule has 1 aliphatic carbocycles. The van der Waals surface area contributed by atoms with Gasteiger partial charge in [-0.05, 0) is 36.8 Å². The number of fused-ring (bicyclic) bond motifs is 1. The van der Waals surface area contributed by atoms with Gasteiger partial charge in [0.05, 0.1) is 24.0 Å². The van der Waals surface area contributed by atoms with E-state index in [1.807, 2.05) is 24.3 Å². The molecule has 134 valence electrons. The van der Waals surface area contributed by atoms with Crippen molar-refractivity contribution in [3.63, 3.8) is 0 Å². The second-order valence-corrected chi connectivity index (χ2v) is 7.18. The van der Waals surface area contributed by atoms with Gasteiger partial charge < -0.3 is 10.4 Å². The number of carbonyl (C=O) groups excluding carboxylic acids is 2. The molecule has 0 bridgehead atoms. The summed E-state index contributed by atoms with van der Waals surface area (Å²) in [5, 5.41) is 13.3. The van der Waals surface area contributed by atoms with Crippen LogP contribution in [0.3, 0.4) is 0 Å². The number of aromatic hydroxyl groups is 1. The van der Waals surface area contributed by atoms with Crippen LogP contribution in [0, 0.1) is 5.92 Å². The van der Waals surface area contributed by atoms with Gasteiger partial charge in [-0.2, -0.15) is 0 Å². The summed E-state index contributed by atoms with van der Waals surface area (Å²) in [5.74, 6) is -0.405. The number of carbonyl (C=O) groups is 2. The fourth-order valence-corrected chi connectivity index (χ4v) is 4.28. The number of aromatic nitrogens is 1. The van der Waals surface area contributed by atoms with Crippen molar-refractivity contribution in [3.8, 4) is 5.75 Å². The normalized spacial score (nSPS) is 25.6. The van der Waals surface area contributed by atoms with E-state index in [2.05, 4.69) is 10.3 Å². The highest BCUT2D eigenvalue weighted by molar-refractivity contribution is 6.31. The molecule has 7 heteroatoms. The maximum Gasteiger partial charge on any atom is 0.329 e. The molecule has 1 saturated carbocycles. The zero-order valence-electron chi connectivity index (χ0n) is 13.9. The van der Waals surface area contributed by atoms with Gasteiger partial charge in [0.15, 0.2) is 0 Å². The zero-order chi connectivity index (χ0) is 18.3. The molecule has 1 aromatic heterocycles. The Morgan fingerprint density at radius 1 is 1.19 bits per heavy atom. The number of rotatable bonds is 2. The summed E-state index contributed by atoms with van der Waals surface area (Å²) < 4.78 is 0. The van der Waals surface area contributed by atoms with Crippen LogP contribution >= 0.6 is 11.6 Å². The number of hydrogen-bond acceptors (Lipinski definition) is 4. The van der Waals surface area contributed by atoms with Crippen molar-refractivity contribution in [1.29, 1.82) is 0 Å². The third-order valence-electron chi connectivity index (χ3n) is 5.21. The fourth-order valence-electron chi connectivity index (χ4n) is 3.99. The zero-order valence-corrected chi connectivity index (χ0v) is 14.7. The number of benzene rings is 1. The Balaban J connectivity index is 1.57. The van der Waals surface area contributed by atoms with Gasteiger partial charge in [-0.1, -0.05) is 29.8 Å². The van der Waals surface area contributed by atoms with Crippen molar-refractivity contribution in [2.75, 3.05) is 4.90 Å². The summed E-state index contributed by atoms with van der Waals surface area (Å²) in [6, 6.07) is 8.38. The lowest BCUT2D eigenvalue weighted by molar-refractivity contribution is -0.124. The van der Waals surface area contributed by atoms with Gasteiger partial charge in [0, 0.05) is 17.1 Å². The second-order valence-electron chi connectivity index (χ2n) is 6.77. The van der Waals surface area contributed by atoms with E-state index < -0.39 is 6.03 Å². The molecule has 2 aliphatic rings. The van der Waals surface area contributed by atoms with Gasteiger partial charge in [0.2, 0.25) is 5.91 Å². The summed E-state index contributed by atoms with van der Waals surface area (Å²) >= 11 is 6.31. The SMILES string of the molecule is O=C1NC2CC(c3ccccc3Cl)CCC2C(=O)N1c1cncc(O)c1. The van der Waals surface area contributed by atoms with Crippen LogP contribution in [0.2, 0.25) is 5.02 Å². The topological polar surface area (TPSA) is 82.5 Å². The first kappa shape index (κ1) is 16.8. The Morgan fingerprint density at radius 3 is 2.77 bits per heavy atom. The van der Waals surface area contributed by atoms with Crippen molar-refractivity contribution >= 4 is 29.2 Å².